The third-order valence-corrected chi connectivity index (χ3v) is 4.61. The van der Waals surface area contributed by atoms with Crippen LogP contribution in [0.1, 0.15) is 35.0 Å². The summed E-state index contributed by atoms with van der Waals surface area (Å²) in [5.74, 6) is 1.27. The lowest BCUT2D eigenvalue weighted by molar-refractivity contribution is -0.111. The molecular weight excluding hydrogens is 296 g/mol. The van der Waals surface area contributed by atoms with E-state index in [0.29, 0.717) is 11.3 Å². The molecular formula is C17H16N2O2S. The van der Waals surface area contributed by atoms with E-state index in [2.05, 4.69) is 5.32 Å². The van der Waals surface area contributed by atoms with Crippen molar-refractivity contribution in [3.8, 4) is 22.8 Å². The minimum atomic E-state index is -0.534. The highest BCUT2D eigenvalue weighted by Crippen LogP contribution is 2.39. The van der Waals surface area contributed by atoms with Crippen LogP contribution in [0.2, 0.25) is 0 Å². The summed E-state index contributed by atoms with van der Waals surface area (Å²) in [5, 5.41) is 2.64. The van der Waals surface area contributed by atoms with Gasteiger partial charge in [0.1, 0.15) is 0 Å². The first-order chi connectivity index (χ1) is 10.4. The van der Waals surface area contributed by atoms with Gasteiger partial charge < -0.3 is 11.1 Å². The first kappa shape index (κ1) is 15.8. The zero-order valence-corrected chi connectivity index (χ0v) is 13.2. The molecule has 0 unspecified atom stereocenters. The molecule has 0 aliphatic heterocycles. The van der Waals surface area contributed by atoms with Gasteiger partial charge in [-0.25, -0.2) is 0 Å². The van der Waals surface area contributed by atoms with E-state index >= 15 is 0 Å². The fraction of sp³-hybridized carbons (Fsp3) is 0.176. The third kappa shape index (κ3) is 3.18. The molecule has 1 aromatic heterocycles. The Bertz CT molecular complexity index is 769. The van der Waals surface area contributed by atoms with E-state index in [4.69, 9.17) is 12.2 Å². The highest BCUT2D eigenvalue weighted by atomic mass is 32.1. The summed E-state index contributed by atoms with van der Waals surface area (Å²) in [4.78, 5) is 25.0. The number of hydrogen-bond donors (Lipinski definition) is 2. The number of para-hydroxylation sites is 1. The number of nitrogens with two attached hydrogens (primary N) is 1. The van der Waals surface area contributed by atoms with E-state index in [1.807, 2.05) is 38.0 Å². The van der Waals surface area contributed by atoms with Crippen LogP contribution in [0.5, 0.6) is 0 Å². The molecule has 4 nitrogen and oxygen atoms in total. The maximum Gasteiger partial charge on any atom is 0.300 e. The molecule has 0 fully saturated rings. The van der Waals surface area contributed by atoms with E-state index in [1.165, 1.54) is 11.3 Å². The lowest BCUT2D eigenvalue weighted by Gasteiger charge is -2.09. The van der Waals surface area contributed by atoms with Crippen molar-refractivity contribution in [2.24, 2.45) is 5.73 Å². The molecule has 0 aliphatic rings. The van der Waals surface area contributed by atoms with Crippen molar-refractivity contribution in [1.29, 1.82) is 0 Å². The minimum absolute atomic E-state index is 0.282. The number of hydrogen-bond acceptors (Lipinski definition) is 3. The van der Waals surface area contributed by atoms with Crippen LogP contribution in [0.4, 0.5) is 5.69 Å². The number of primary amides is 1. The maximum absolute atomic E-state index is 11.7. The van der Waals surface area contributed by atoms with Gasteiger partial charge in [0.25, 0.3) is 5.91 Å². The normalized spacial score (nSPS) is 10.3. The van der Waals surface area contributed by atoms with E-state index in [-0.39, 0.29) is 5.92 Å². The number of amides is 2. The van der Waals surface area contributed by atoms with Gasteiger partial charge >= 0.3 is 0 Å². The van der Waals surface area contributed by atoms with Crippen LogP contribution in [0.25, 0.3) is 10.4 Å². The van der Waals surface area contributed by atoms with Crippen LogP contribution in [0.15, 0.2) is 30.3 Å². The zero-order valence-electron chi connectivity index (χ0n) is 12.3. The van der Waals surface area contributed by atoms with Gasteiger partial charge in [-0.05, 0) is 24.0 Å². The Labute approximate surface area is 133 Å². The van der Waals surface area contributed by atoms with E-state index in [0.717, 1.165) is 15.3 Å². The highest BCUT2D eigenvalue weighted by molar-refractivity contribution is 7.16. The fourth-order valence-corrected chi connectivity index (χ4v) is 3.23. The molecule has 0 radical (unpaired) electrons. The van der Waals surface area contributed by atoms with Gasteiger partial charge in [-0.15, -0.1) is 17.8 Å². The van der Waals surface area contributed by atoms with Crippen molar-refractivity contribution in [2.45, 2.75) is 19.8 Å². The highest BCUT2D eigenvalue weighted by Gasteiger charge is 2.19. The van der Waals surface area contributed by atoms with Gasteiger partial charge in [0.2, 0.25) is 5.91 Å². The Hall–Kier alpha value is -2.58. The average Bonchev–Trinajstić information content (AvgIpc) is 2.93. The molecule has 112 valence electrons. The van der Waals surface area contributed by atoms with Gasteiger partial charge in [-0.3, -0.25) is 9.59 Å². The van der Waals surface area contributed by atoms with Crippen LogP contribution in [0.3, 0.4) is 0 Å². The van der Waals surface area contributed by atoms with Crippen molar-refractivity contribution >= 4 is 28.8 Å². The molecule has 1 aromatic carbocycles. The Balaban J connectivity index is 2.59. The van der Waals surface area contributed by atoms with Crippen LogP contribution >= 0.6 is 11.3 Å². The molecule has 22 heavy (non-hydrogen) atoms. The summed E-state index contributed by atoms with van der Waals surface area (Å²) in [6, 6.07) is 9.00. The second-order valence-electron chi connectivity index (χ2n) is 5.05. The van der Waals surface area contributed by atoms with E-state index < -0.39 is 11.8 Å². The quantitative estimate of drug-likeness (QED) is 0.851. The molecule has 0 aliphatic carbocycles. The van der Waals surface area contributed by atoms with Gasteiger partial charge in [0.05, 0.1) is 11.3 Å². The molecule has 5 heteroatoms. The Morgan fingerprint density at radius 1 is 1.32 bits per heavy atom. The number of terminal acetylenes is 1. The Morgan fingerprint density at radius 2 is 2.00 bits per heavy atom. The lowest BCUT2D eigenvalue weighted by atomic mass is 10.1. The molecule has 0 atom stereocenters. The standard InChI is InChI=1S/C17H16N2O2S/c1-4-15(20)19-13-8-6-5-7-11(13)16-12(17(18)21)9-14(22-16)10(2)3/h1,5-10H,2-3H3,(H2,18,21)(H,19,20). The average molecular weight is 312 g/mol. The molecule has 2 amide bonds. The summed E-state index contributed by atoms with van der Waals surface area (Å²) < 4.78 is 0. The zero-order chi connectivity index (χ0) is 16.3. The largest absolute Gasteiger partial charge is 0.366 e. The number of anilines is 1. The van der Waals surface area contributed by atoms with Crippen LogP contribution in [0, 0.1) is 12.3 Å². The van der Waals surface area contributed by atoms with E-state index in [1.54, 1.807) is 12.1 Å². The number of rotatable bonds is 4. The fourth-order valence-electron chi connectivity index (χ4n) is 2.03. The van der Waals surface area contributed by atoms with Crippen LogP contribution < -0.4 is 11.1 Å². The second kappa shape index (κ2) is 6.46. The van der Waals surface area contributed by atoms with Crippen LogP contribution in [-0.2, 0) is 4.79 Å². The topological polar surface area (TPSA) is 72.2 Å². The Morgan fingerprint density at radius 3 is 2.59 bits per heavy atom. The van der Waals surface area contributed by atoms with Crippen molar-refractivity contribution in [3.63, 3.8) is 0 Å². The maximum atomic E-state index is 11.7. The predicted octanol–water partition coefficient (Wildman–Crippen LogP) is 3.21. The van der Waals surface area contributed by atoms with Gasteiger partial charge in [-0.1, -0.05) is 32.0 Å². The molecule has 0 saturated carbocycles. The van der Waals surface area contributed by atoms with Crippen LogP contribution in [-0.4, -0.2) is 11.8 Å². The molecule has 3 N–H and O–H groups in total. The number of thiophene rings is 1. The number of benzene rings is 1. The predicted molar refractivity (Wildman–Crippen MR) is 89.8 cm³/mol. The number of carbonyl (C=O) groups is 2. The summed E-state index contributed by atoms with van der Waals surface area (Å²) in [7, 11) is 0. The van der Waals surface area contributed by atoms with E-state index in [9.17, 15) is 9.59 Å². The second-order valence-corrected chi connectivity index (χ2v) is 6.14. The summed E-state index contributed by atoms with van der Waals surface area (Å²) >= 11 is 1.49. The molecule has 2 rings (SSSR count). The van der Waals surface area contributed by atoms with Crippen molar-refractivity contribution in [2.75, 3.05) is 5.32 Å². The van der Waals surface area contributed by atoms with Gasteiger partial charge in [0, 0.05) is 15.3 Å². The van der Waals surface area contributed by atoms with Crippen molar-refractivity contribution in [1.82, 2.24) is 0 Å². The molecule has 0 saturated heterocycles. The molecule has 1 heterocycles. The lowest BCUT2D eigenvalue weighted by Crippen LogP contribution is -2.12. The first-order valence-corrected chi connectivity index (χ1v) is 7.56. The summed E-state index contributed by atoms with van der Waals surface area (Å²) in [6.45, 7) is 4.10. The number of carbonyl (C=O) groups excluding carboxylic acids is 2. The smallest absolute Gasteiger partial charge is 0.300 e. The number of nitrogens with one attached hydrogen (secondary N) is 1. The SMILES string of the molecule is C#CC(=O)Nc1ccccc1-c1sc(C(C)C)cc1C(N)=O. The first-order valence-electron chi connectivity index (χ1n) is 6.74. The van der Waals surface area contributed by atoms with Crippen molar-refractivity contribution in [3.05, 3.63) is 40.8 Å². The minimum Gasteiger partial charge on any atom is -0.366 e. The summed E-state index contributed by atoms with van der Waals surface area (Å²) in [6.07, 6.45) is 5.10. The van der Waals surface area contributed by atoms with Crippen molar-refractivity contribution < 1.29 is 9.59 Å². The molecule has 0 bridgehead atoms. The summed E-state index contributed by atoms with van der Waals surface area (Å²) in [5.41, 5.74) is 7.24. The van der Waals surface area contributed by atoms with Gasteiger partial charge in [-0.2, -0.15) is 0 Å². The third-order valence-electron chi connectivity index (χ3n) is 3.14. The Kier molecular flexibility index (Phi) is 4.64. The molecule has 2 aromatic rings. The molecule has 0 spiro atoms. The van der Waals surface area contributed by atoms with Gasteiger partial charge in [0.15, 0.2) is 0 Å². The monoisotopic (exact) mass is 312 g/mol.